The molecule has 3 nitrogen and oxygen atoms in total. The SMILES string of the molecule is O=S(=O)(CC1CC1)NC1(CBr)CCCC1. The lowest BCUT2D eigenvalue weighted by Gasteiger charge is -2.27. The zero-order valence-electron chi connectivity index (χ0n) is 8.84. The van der Waals surface area contributed by atoms with Crippen molar-refractivity contribution in [3.8, 4) is 0 Å². The van der Waals surface area contributed by atoms with Crippen LogP contribution in [0, 0.1) is 5.92 Å². The minimum atomic E-state index is -3.05. The van der Waals surface area contributed by atoms with E-state index in [0.29, 0.717) is 11.7 Å². The van der Waals surface area contributed by atoms with Gasteiger partial charge in [-0.25, -0.2) is 13.1 Å². The fourth-order valence-electron chi connectivity index (χ4n) is 2.28. The van der Waals surface area contributed by atoms with Crippen molar-refractivity contribution in [3.05, 3.63) is 0 Å². The second-order valence-electron chi connectivity index (χ2n) is 4.95. The zero-order valence-corrected chi connectivity index (χ0v) is 11.2. The van der Waals surface area contributed by atoms with Gasteiger partial charge in [0.05, 0.1) is 5.75 Å². The summed E-state index contributed by atoms with van der Waals surface area (Å²) in [6.45, 7) is 0. The van der Waals surface area contributed by atoms with Gasteiger partial charge in [-0.1, -0.05) is 28.8 Å². The number of sulfonamides is 1. The maximum atomic E-state index is 11.9. The van der Waals surface area contributed by atoms with Crippen molar-refractivity contribution in [2.75, 3.05) is 11.1 Å². The van der Waals surface area contributed by atoms with Crippen LogP contribution in [-0.4, -0.2) is 25.0 Å². The summed E-state index contributed by atoms with van der Waals surface area (Å²) in [4.78, 5) is 0. The van der Waals surface area contributed by atoms with Crippen molar-refractivity contribution in [2.24, 2.45) is 5.92 Å². The fraction of sp³-hybridized carbons (Fsp3) is 1.00. The van der Waals surface area contributed by atoms with E-state index >= 15 is 0 Å². The number of alkyl halides is 1. The summed E-state index contributed by atoms with van der Waals surface area (Å²) in [6.07, 6.45) is 6.39. The Labute approximate surface area is 100 Å². The van der Waals surface area contributed by atoms with Gasteiger partial charge in [0.1, 0.15) is 0 Å². The van der Waals surface area contributed by atoms with Gasteiger partial charge in [0.15, 0.2) is 0 Å². The predicted molar refractivity (Wildman–Crippen MR) is 64.6 cm³/mol. The predicted octanol–water partition coefficient (Wildman–Crippen LogP) is 2.02. The fourth-order valence-corrected chi connectivity index (χ4v) is 5.14. The molecule has 0 saturated heterocycles. The van der Waals surface area contributed by atoms with Crippen LogP contribution in [0.3, 0.4) is 0 Å². The Hall–Kier alpha value is 0.390. The minimum Gasteiger partial charge on any atom is -0.212 e. The molecule has 2 saturated carbocycles. The molecule has 88 valence electrons. The average Bonchev–Trinajstić information content (AvgIpc) is 2.82. The molecule has 0 spiro atoms. The van der Waals surface area contributed by atoms with Crippen LogP contribution in [-0.2, 0) is 10.0 Å². The Morgan fingerprint density at radius 3 is 2.33 bits per heavy atom. The summed E-state index contributed by atoms with van der Waals surface area (Å²) < 4.78 is 26.7. The highest BCUT2D eigenvalue weighted by molar-refractivity contribution is 9.09. The molecule has 0 heterocycles. The molecule has 0 unspecified atom stereocenters. The van der Waals surface area contributed by atoms with E-state index in [4.69, 9.17) is 0 Å². The molecule has 0 aromatic rings. The zero-order chi connectivity index (χ0) is 10.9. The Bertz CT molecular complexity index is 318. The van der Waals surface area contributed by atoms with Crippen LogP contribution in [0.15, 0.2) is 0 Å². The number of halogens is 1. The van der Waals surface area contributed by atoms with E-state index in [1.165, 1.54) is 0 Å². The largest absolute Gasteiger partial charge is 0.212 e. The standard InChI is InChI=1S/C10H18BrNO2S/c11-8-10(5-1-2-6-10)12-15(13,14)7-9-3-4-9/h9,12H,1-8H2. The lowest BCUT2D eigenvalue weighted by molar-refractivity contribution is 0.437. The summed E-state index contributed by atoms with van der Waals surface area (Å²) in [5, 5.41) is 0.740. The molecule has 0 bridgehead atoms. The van der Waals surface area contributed by atoms with Crippen molar-refractivity contribution in [1.82, 2.24) is 4.72 Å². The first-order valence-corrected chi connectivity index (χ1v) is 8.40. The number of rotatable bonds is 5. The average molecular weight is 296 g/mol. The molecule has 0 radical (unpaired) electrons. The topological polar surface area (TPSA) is 46.2 Å². The van der Waals surface area contributed by atoms with E-state index in [0.717, 1.165) is 43.9 Å². The second-order valence-corrected chi connectivity index (χ2v) is 7.28. The monoisotopic (exact) mass is 295 g/mol. The normalized spacial score (nSPS) is 25.7. The Morgan fingerprint density at radius 2 is 1.87 bits per heavy atom. The Balaban J connectivity index is 1.98. The van der Waals surface area contributed by atoms with Gasteiger partial charge >= 0.3 is 0 Å². The van der Waals surface area contributed by atoms with Crippen LogP contribution >= 0.6 is 15.9 Å². The summed E-state index contributed by atoms with van der Waals surface area (Å²) in [5.41, 5.74) is -0.187. The van der Waals surface area contributed by atoms with Gasteiger partial charge in [0.2, 0.25) is 10.0 Å². The molecule has 0 aromatic heterocycles. The van der Waals surface area contributed by atoms with E-state index in [-0.39, 0.29) is 5.54 Å². The Morgan fingerprint density at radius 1 is 1.27 bits per heavy atom. The van der Waals surface area contributed by atoms with E-state index in [9.17, 15) is 8.42 Å². The summed E-state index contributed by atoms with van der Waals surface area (Å²) >= 11 is 3.44. The third kappa shape index (κ3) is 3.17. The van der Waals surface area contributed by atoms with Gasteiger partial charge in [-0.05, 0) is 31.6 Å². The number of hydrogen-bond acceptors (Lipinski definition) is 2. The van der Waals surface area contributed by atoms with Gasteiger partial charge in [-0.3, -0.25) is 0 Å². The lowest BCUT2D eigenvalue weighted by Crippen LogP contribution is -2.48. The van der Waals surface area contributed by atoms with Crippen LogP contribution in [0.2, 0.25) is 0 Å². The van der Waals surface area contributed by atoms with Crippen LogP contribution in [0.4, 0.5) is 0 Å². The smallest absolute Gasteiger partial charge is 0.212 e. The summed E-state index contributed by atoms with van der Waals surface area (Å²) in [7, 11) is -3.05. The van der Waals surface area contributed by atoms with E-state index in [1.54, 1.807) is 0 Å². The van der Waals surface area contributed by atoms with Crippen LogP contribution in [0.1, 0.15) is 38.5 Å². The van der Waals surface area contributed by atoms with Gasteiger partial charge in [0, 0.05) is 10.9 Å². The van der Waals surface area contributed by atoms with Crippen molar-refractivity contribution in [3.63, 3.8) is 0 Å². The highest BCUT2D eigenvalue weighted by Crippen LogP contribution is 2.34. The van der Waals surface area contributed by atoms with E-state index < -0.39 is 10.0 Å². The molecule has 2 aliphatic rings. The Kier molecular flexibility index (Phi) is 3.43. The molecule has 15 heavy (non-hydrogen) atoms. The van der Waals surface area contributed by atoms with Crippen LogP contribution in [0.5, 0.6) is 0 Å². The molecule has 2 fully saturated rings. The number of nitrogens with one attached hydrogen (secondary N) is 1. The number of hydrogen-bond donors (Lipinski definition) is 1. The highest BCUT2D eigenvalue weighted by atomic mass is 79.9. The van der Waals surface area contributed by atoms with Gasteiger partial charge < -0.3 is 0 Å². The molecule has 0 amide bonds. The summed E-state index contributed by atoms with van der Waals surface area (Å²) in [5.74, 6) is 0.762. The van der Waals surface area contributed by atoms with Crippen LogP contribution < -0.4 is 4.72 Å². The molecule has 2 aliphatic carbocycles. The maximum Gasteiger partial charge on any atom is 0.212 e. The highest BCUT2D eigenvalue weighted by Gasteiger charge is 2.38. The second kappa shape index (κ2) is 4.34. The molecule has 0 atom stereocenters. The van der Waals surface area contributed by atoms with E-state index in [1.807, 2.05) is 0 Å². The third-order valence-corrected chi connectivity index (χ3v) is 6.07. The molecule has 1 N–H and O–H groups in total. The molecule has 2 rings (SSSR count). The molecule has 5 heteroatoms. The third-order valence-electron chi connectivity index (χ3n) is 3.34. The van der Waals surface area contributed by atoms with Gasteiger partial charge in [-0.2, -0.15) is 0 Å². The quantitative estimate of drug-likeness (QED) is 0.789. The lowest BCUT2D eigenvalue weighted by atomic mass is 10.0. The first-order valence-electron chi connectivity index (χ1n) is 5.63. The van der Waals surface area contributed by atoms with Gasteiger partial charge in [0.25, 0.3) is 0 Å². The molecule has 0 aromatic carbocycles. The summed E-state index contributed by atoms with van der Waals surface area (Å²) in [6, 6.07) is 0. The molecular weight excluding hydrogens is 278 g/mol. The van der Waals surface area contributed by atoms with Crippen molar-refractivity contribution >= 4 is 26.0 Å². The molecular formula is C10H18BrNO2S. The van der Waals surface area contributed by atoms with Crippen molar-refractivity contribution in [1.29, 1.82) is 0 Å². The first kappa shape index (κ1) is 11.9. The minimum absolute atomic E-state index is 0.187. The van der Waals surface area contributed by atoms with Crippen molar-refractivity contribution < 1.29 is 8.42 Å². The molecule has 0 aliphatic heterocycles. The van der Waals surface area contributed by atoms with Gasteiger partial charge in [-0.15, -0.1) is 0 Å². The maximum absolute atomic E-state index is 11.9. The first-order chi connectivity index (χ1) is 7.05. The van der Waals surface area contributed by atoms with Crippen LogP contribution in [0.25, 0.3) is 0 Å². The van der Waals surface area contributed by atoms with Crippen molar-refractivity contribution in [2.45, 2.75) is 44.1 Å². The van der Waals surface area contributed by atoms with E-state index in [2.05, 4.69) is 20.7 Å².